The molecule has 0 heterocycles. The molecule has 0 fully saturated rings. The second-order valence-electron chi connectivity index (χ2n) is 4.89. The summed E-state index contributed by atoms with van der Waals surface area (Å²) >= 11 is 0. The summed E-state index contributed by atoms with van der Waals surface area (Å²) in [6.45, 7) is 0. The number of rotatable bonds is 4. The standard InChI is InChI=1S/C10H2F18/c11-3(12,5(15,7(17,18)19)8(20,21)22)1-2-4(13,14)6(16,9(23,24)25)10(26,27)28/h1-2H/b2-1+. The maximum Gasteiger partial charge on any atom is 0.438 e. The molecule has 0 aromatic rings. The van der Waals surface area contributed by atoms with Crippen LogP contribution in [-0.2, 0) is 0 Å². The molecule has 28 heavy (non-hydrogen) atoms. The first-order chi connectivity index (χ1) is 11.7. The predicted molar refractivity (Wildman–Crippen MR) is 50.9 cm³/mol. The molecular weight excluding hydrogens is 462 g/mol. The highest BCUT2D eigenvalue weighted by Crippen LogP contribution is 2.57. The van der Waals surface area contributed by atoms with Crippen LogP contribution in [-0.4, -0.2) is 47.9 Å². The van der Waals surface area contributed by atoms with Crippen molar-refractivity contribution in [1.82, 2.24) is 0 Å². The van der Waals surface area contributed by atoms with Crippen molar-refractivity contribution in [3.63, 3.8) is 0 Å². The van der Waals surface area contributed by atoms with E-state index in [1.165, 1.54) is 0 Å². The van der Waals surface area contributed by atoms with E-state index in [-0.39, 0.29) is 0 Å². The van der Waals surface area contributed by atoms with E-state index in [0.29, 0.717) is 0 Å². The normalized spacial score (nSPS) is 16.8. The molecule has 0 nitrogen and oxygen atoms in total. The highest BCUT2D eigenvalue weighted by atomic mass is 19.4. The Kier molecular flexibility index (Phi) is 6.14. The van der Waals surface area contributed by atoms with Gasteiger partial charge in [-0.05, 0) is 12.2 Å². The maximum atomic E-state index is 13.1. The summed E-state index contributed by atoms with van der Waals surface area (Å²) < 4.78 is 224. The molecule has 0 saturated heterocycles. The van der Waals surface area contributed by atoms with Crippen molar-refractivity contribution in [2.45, 2.75) is 47.9 Å². The molecular formula is C10H2F18. The van der Waals surface area contributed by atoms with Gasteiger partial charge >= 0.3 is 47.9 Å². The van der Waals surface area contributed by atoms with Crippen molar-refractivity contribution < 1.29 is 79.0 Å². The van der Waals surface area contributed by atoms with Gasteiger partial charge in [0.05, 0.1) is 0 Å². The molecule has 0 aliphatic heterocycles. The fourth-order valence-corrected chi connectivity index (χ4v) is 1.52. The summed E-state index contributed by atoms with van der Waals surface area (Å²) in [5, 5.41) is 0. The Morgan fingerprint density at radius 2 is 0.429 bits per heavy atom. The summed E-state index contributed by atoms with van der Waals surface area (Å²) in [4.78, 5) is 0. The molecule has 0 N–H and O–H groups in total. The number of halogens is 18. The van der Waals surface area contributed by atoms with Gasteiger partial charge in [-0.15, -0.1) is 0 Å². The molecule has 0 bridgehead atoms. The van der Waals surface area contributed by atoms with Gasteiger partial charge in [0.1, 0.15) is 0 Å². The van der Waals surface area contributed by atoms with E-state index in [4.69, 9.17) is 0 Å². The summed E-state index contributed by atoms with van der Waals surface area (Å²) in [5.74, 6) is -14.5. The van der Waals surface area contributed by atoms with E-state index in [1.54, 1.807) is 0 Å². The Hall–Kier alpha value is -1.52. The molecule has 168 valence electrons. The number of hydrogen-bond acceptors (Lipinski definition) is 0. The van der Waals surface area contributed by atoms with E-state index in [1.807, 2.05) is 0 Å². The van der Waals surface area contributed by atoms with Gasteiger partial charge in [-0.2, -0.15) is 70.2 Å². The minimum Gasteiger partial charge on any atom is -0.216 e. The molecule has 18 heteroatoms. The quantitative estimate of drug-likeness (QED) is 0.330. The van der Waals surface area contributed by atoms with Gasteiger partial charge in [-0.1, -0.05) is 0 Å². The summed E-state index contributed by atoms with van der Waals surface area (Å²) in [6.07, 6.45) is -35.7. The van der Waals surface area contributed by atoms with Gasteiger partial charge in [0.2, 0.25) is 0 Å². The minimum atomic E-state index is -7.71. The van der Waals surface area contributed by atoms with Crippen molar-refractivity contribution >= 4 is 0 Å². The molecule has 0 spiro atoms. The van der Waals surface area contributed by atoms with Crippen molar-refractivity contribution in [2.24, 2.45) is 0 Å². The summed E-state index contributed by atoms with van der Waals surface area (Å²) in [7, 11) is 0. The lowest BCUT2D eigenvalue weighted by Gasteiger charge is -2.36. The van der Waals surface area contributed by atoms with E-state index in [9.17, 15) is 79.0 Å². The van der Waals surface area contributed by atoms with Crippen LogP contribution in [0.5, 0.6) is 0 Å². The first-order valence-electron chi connectivity index (χ1n) is 5.81. The minimum absolute atomic E-state index is 2.58. The fraction of sp³-hybridized carbons (Fsp3) is 0.800. The molecule has 0 rings (SSSR count). The predicted octanol–water partition coefficient (Wildman–Crippen LogP) is 6.48. The van der Waals surface area contributed by atoms with Crippen LogP contribution in [0.25, 0.3) is 0 Å². The molecule has 0 aliphatic carbocycles. The van der Waals surface area contributed by atoms with Crippen LogP contribution in [0.2, 0.25) is 0 Å². The van der Waals surface area contributed by atoms with Crippen molar-refractivity contribution in [3.8, 4) is 0 Å². The van der Waals surface area contributed by atoms with Crippen LogP contribution in [0.15, 0.2) is 12.2 Å². The van der Waals surface area contributed by atoms with Gasteiger partial charge in [0.25, 0.3) is 0 Å². The first kappa shape index (κ1) is 26.5. The average molecular weight is 464 g/mol. The highest BCUT2D eigenvalue weighted by molar-refractivity contribution is 5.21. The lowest BCUT2D eigenvalue weighted by atomic mass is 9.91. The zero-order valence-electron chi connectivity index (χ0n) is 12.0. The molecule has 0 aromatic carbocycles. The van der Waals surface area contributed by atoms with Crippen LogP contribution in [0.3, 0.4) is 0 Å². The first-order valence-corrected chi connectivity index (χ1v) is 5.81. The largest absolute Gasteiger partial charge is 0.438 e. The van der Waals surface area contributed by atoms with Crippen LogP contribution >= 0.6 is 0 Å². The Labute approximate surface area is 140 Å². The molecule has 0 aromatic heterocycles. The monoisotopic (exact) mass is 464 g/mol. The smallest absolute Gasteiger partial charge is 0.216 e. The second kappa shape index (κ2) is 6.50. The van der Waals surface area contributed by atoms with E-state index >= 15 is 0 Å². The van der Waals surface area contributed by atoms with Crippen molar-refractivity contribution in [2.75, 3.05) is 0 Å². The van der Waals surface area contributed by atoms with E-state index in [2.05, 4.69) is 0 Å². The zero-order valence-corrected chi connectivity index (χ0v) is 12.0. The van der Waals surface area contributed by atoms with Crippen molar-refractivity contribution in [1.29, 1.82) is 0 Å². The topological polar surface area (TPSA) is 0 Å². The van der Waals surface area contributed by atoms with Gasteiger partial charge in [-0.3, -0.25) is 0 Å². The molecule has 0 radical (unpaired) electrons. The molecule has 0 unspecified atom stereocenters. The van der Waals surface area contributed by atoms with Crippen LogP contribution in [0.4, 0.5) is 79.0 Å². The lowest BCUT2D eigenvalue weighted by Crippen LogP contribution is -2.65. The average Bonchev–Trinajstić information content (AvgIpc) is 2.38. The lowest BCUT2D eigenvalue weighted by molar-refractivity contribution is -0.391. The third kappa shape index (κ3) is 3.81. The van der Waals surface area contributed by atoms with Crippen LogP contribution < -0.4 is 0 Å². The van der Waals surface area contributed by atoms with Gasteiger partial charge < -0.3 is 0 Å². The second-order valence-corrected chi connectivity index (χ2v) is 4.89. The molecule has 0 amide bonds. The molecule has 0 aliphatic rings. The van der Waals surface area contributed by atoms with E-state index < -0.39 is 60.0 Å². The van der Waals surface area contributed by atoms with Gasteiger partial charge in [0.15, 0.2) is 0 Å². The zero-order chi connectivity index (χ0) is 23.4. The van der Waals surface area contributed by atoms with Crippen molar-refractivity contribution in [3.05, 3.63) is 12.2 Å². The molecule has 0 atom stereocenters. The highest BCUT2D eigenvalue weighted by Gasteiger charge is 2.85. The molecule has 0 saturated carbocycles. The number of alkyl halides is 18. The fourth-order valence-electron chi connectivity index (χ4n) is 1.52. The van der Waals surface area contributed by atoms with E-state index in [0.717, 1.165) is 0 Å². The number of hydrogen-bond donors (Lipinski definition) is 0. The SMILES string of the molecule is FC(F)(F)C(F)(C(F)(F)F)C(F)(F)/C=C/C(F)(F)C(F)(C(F)(F)F)C(F)(F)F. The third-order valence-corrected chi connectivity index (χ3v) is 2.98. The summed E-state index contributed by atoms with van der Waals surface area (Å²) in [5.41, 5.74) is -15.4. The Morgan fingerprint density at radius 3 is 0.536 bits per heavy atom. The Bertz CT molecular complexity index is 499. The van der Waals surface area contributed by atoms with Gasteiger partial charge in [0, 0.05) is 0 Å². The third-order valence-electron chi connectivity index (χ3n) is 2.98. The maximum absolute atomic E-state index is 13.1. The Balaban J connectivity index is 6.59. The Morgan fingerprint density at radius 1 is 0.286 bits per heavy atom. The number of allylic oxidation sites excluding steroid dienone is 2. The summed E-state index contributed by atoms with van der Waals surface area (Å²) in [6, 6.07) is 0. The van der Waals surface area contributed by atoms with Gasteiger partial charge in [-0.25, -0.2) is 8.78 Å². The van der Waals surface area contributed by atoms with Crippen LogP contribution in [0, 0.1) is 0 Å². The van der Waals surface area contributed by atoms with Crippen LogP contribution in [0.1, 0.15) is 0 Å².